The molecule has 0 spiro atoms. The second kappa shape index (κ2) is 7.69. The van der Waals surface area contributed by atoms with E-state index in [0.717, 1.165) is 12.2 Å². The van der Waals surface area contributed by atoms with E-state index in [1.54, 1.807) is 6.20 Å². The number of rotatable bonds is 7. The van der Waals surface area contributed by atoms with Gasteiger partial charge in [0.1, 0.15) is 0 Å². The van der Waals surface area contributed by atoms with Crippen molar-refractivity contribution in [3.8, 4) is 5.75 Å². The smallest absolute Gasteiger partial charge is 0.190 e. The zero-order valence-electron chi connectivity index (χ0n) is 11.9. The summed E-state index contributed by atoms with van der Waals surface area (Å²) in [7, 11) is 0. The van der Waals surface area contributed by atoms with Gasteiger partial charge in [-0.1, -0.05) is 13.0 Å². The van der Waals surface area contributed by atoms with Crippen LogP contribution in [-0.2, 0) is 13.0 Å². The van der Waals surface area contributed by atoms with Crippen molar-refractivity contribution in [3.05, 3.63) is 59.4 Å². The van der Waals surface area contributed by atoms with Crippen molar-refractivity contribution in [2.24, 2.45) is 0 Å². The number of ether oxygens (including phenoxy) is 1. The number of nitrogens with one attached hydrogen (secondary N) is 1. The van der Waals surface area contributed by atoms with Crippen molar-refractivity contribution in [1.82, 2.24) is 10.3 Å². The summed E-state index contributed by atoms with van der Waals surface area (Å²) < 4.78 is 32.9. The van der Waals surface area contributed by atoms with Crippen LogP contribution in [-0.4, -0.2) is 18.1 Å². The molecule has 0 saturated heterocycles. The molecule has 112 valence electrons. The van der Waals surface area contributed by atoms with Crippen LogP contribution < -0.4 is 10.1 Å². The number of pyridine rings is 1. The van der Waals surface area contributed by atoms with Gasteiger partial charge in [-0.15, -0.1) is 0 Å². The molecule has 1 aromatic carbocycles. The molecule has 0 unspecified atom stereocenters. The molecular formula is C16H18F2N2O. The highest BCUT2D eigenvalue weighted by molar-refractivity contribution is 5.31. The van der Waals surface area contributed by atoms with E-state index in [9.17, 15) is 8.78 Å². The first-order valence-electron chi connectivity index (χ1n) is 6.92. The molecule has 0 aliphatic rings. The summed E-state index contributed by atoms with van der Waals surface area (Å²) in [4.78, 5) is 4.13. The van der Waals surface area contributed by atoms with E-state index in [-0.39, 0.29) is 12.4 Å². The largest absolute Gasteiger partial charge is 0.487 e. The van der Waals surface area contributed by atoms with Crippen molar-refractivity contribution >= 4 is 0 Å². The lowest BCUT2D eigenvalue weighted by Gasteiger charge is -2.10. The Morgan fingerprint density at radius 1 is 1.19 bits per heavy atom. The Morgan fingerprint density at radius 2 is 1.95 bits per heavy atom. The number of halogens is 2. The predicted octanol–water partition coefficient (Wildman–Crippen LogP) is 3.09. The van der Waals surface area contributed by atoms with Gasteiger partial charge in [-0.3, -0.25) is 4.98 Å². The van der Waals surface area contributed by atoms with Gasteiger partial charge in [0.15, 0.2) is 17.4 Å². The molecule has 1 heterocycles. The molecule has 0 atom stereocenters. The van der Waals surface area contributed by atoms with Gasteiger partial charge >= 0.3 is 0 Å². The molecule has 2 rings (SSSR count). The van der Waals surface area contributed by atoms with E-state index < -0.39 is 11.6 Å². The number of nitrogens with zero attached hydrogens (tertiary/aromatic N) is 1. The molecule has 1 aromatic heterocycles. The first-order chi connectivity index (χ1) is 10.2. The van der Waals surface area contributed by atoms with E-state index in [0.29, 0.717) is 18.5 Å². The van der Waals surface area contributed by atoms with Crippen LogP contribution in [0.3, 0.4) is 0 Å². The van der Waals surface area contributed by atoms with Crippen molar-refractivity contribution in [2.75, 3.05) is 13.2 Å². The van der Waals surface area contributed by atoms with Crippen LogP contribution in [0.15, 0.2) is 36.5 Å². The van der Waals surface area contributed by atoms with Crippen molar-refractivity contribution in [2.45, 2.75) is 19.9 Å². The zero-order valence-corrected chi connectivity index (χ0v) is 11.9. The van der Waals surface area contributed by atoms with Crippen LogP contribution in [0.4, 0.5) is 8.78 Å². The summed E-state index contributed by atoms with van der Waals surface area (Å²) in [5.41, 5.74) is 1.38. The number of hydrogen-bond acceptors (Lipinski definition) is 3. The van der Waals surface area contributed by atoms with E-state index in [1.807, 2.05) is 25.1 Å². The average molecular weight is 292 g/mol. The van der Waals surface area contributed by atoms with Gasteiger partial charge < -0.3 is 10.1 Å². The lowest BCUT2D eigenvalue weighted by Crippen LogP contribution is -2.13. The molecule has 21 heavy (non-hydrogen) atoms. The molecule has 1 N–H and O–H groups in total. The Bertz CT molecular complexity index is 553. The lowest BCUT2D eigenvalue weighted by atomic mass is 10.2. The quantitative estimate of drug-likeness (QED) is 0.851. The number of aromatic nitrogens is 1. The van der Waals surface area contributed by atoms with E-state index in [4.69, 9.17) is 4.74 Å². The van der Waals surface area contributed by atoms with Gasteiger partial charge in [0.25, 0.3) is 0 Å². The van der Waals surface area contributed by atoms with Crippen LogP contribution in [0.25, 0.3) is 0 Å². The molecule has 0 bridgehead atoms. The topological polar surface area (TPSA) is 34.1 Å². The summed E-state index contributed by atoms with van der Waals surface area (Å²) >= 11 is 0. The zero-order chi connectivity index (χ0) is 15.1. The Hall–Kier alpha value is -2.01. The van der Waals surface area contributed by atoms with Crippen LogP contribution >= 0.6 is 0 Å². The Balaban J connectivity index is 1.96. The third kappa shape index (κ3) is 4.49. The second-order valence-corrected chi connectivity index (χ2v) is 4.59. The highest BCUT2D eigenvalue weighted by Gasteiger charge is 2.12. The molecule has 0 fully saturated rings. The second-order valence-electron chi connectivity index (χ2n) is 4.59. The Morgan fingerprint density at radius 3 is 2.57 bits per heavy atom. The maximum Gasteiger partial charge on any atom is 0.190 e. The van der Waals surface area contributed by atoms with Crippen LogP contribution in [0.2, 0.25) is 0 Å². The average Bonchev–Trinajstić information content (AvgIpc) is 2.49. The SMILES string of the molecule is CCNCc1cc(F)c(OCCc2ccccn2)c(F)c1. The lowest BCUT2D eigenvalue weighted by molar-refractivity contribution is 0.287. The van der Waals surface area contributed by atoms with Crippen molar-refractivity contribution < 1.29 is 13.5 Å². The molecule has 0 aliphatic heterocycles. The van der Waals surface area contributed by atoms with E-state index in [1.165, 1.54) is 12.1 Å². The fraction of sp³-hybridized carbons (Fsp3) is 0.312. The van der Waals surface area contributed by atoms with Gasteiger partial charge in [-0.2, -0.15) is 0 Å². The molecule has 0 aliphatic carbocycles. The first kappa shape index (κ1) is 15.4. The fourth-order valence-corrected chi connectivity index (χ4v) is 1.93. The number of hydrogen-bond donors (Lipinski definition) is 1. The van der Waals surface area contributed by atoms with Crippen LogP contribution in [0.5, 0.6) is 5.75 Å². The monoisotopic (exact) mass is 292 g/mol. The van der Waals surface area contributed by atoms with Gasteiger partial charge in [0, 0.05) is 24.9 Å². The highest BCUT2D eigenvalue weighted by atomic mass is 19.1. The van der Waals surface area contributed by atoms with Gasteiger partial charge in [-0.05, 0) is 36.4 Å². The summed E-state index contributed by atoms with van der Waals surface area (Å²) in [6.45, 7) is 3.28. The molecular weight excluding hydrogens is 274 g/mol. The first-order valence-corrected chi connectivity index (χ1v) is 6.92. The minimum Gasteiger partial charge on any atom is -0.487 e. The summed E-state index contributed by atoms with van der Waals surface area (Å²) in [5.74, 6) is -1.68. The highest BCUT2D eigenvalue weighted by Crippen LogP contribution is 2.23. The standard InChI is InChI=1S/C16H18F2N2O/c1-2-19-11-12-9-14(17)16(15(18)10-12)21-8-6-13-5-3-4-7-20-13/h3-5,7,9-10,19H,2,6,8,11H2,1H3. The number of benzene rings is 1. The molecule has 5 heteroatoms. The molecule has 2 aromatic rings. The van der Waals surface area contributed by atoms with Gasteiger partial charge in [0.05, 0.1) is 6.61 Å². The van der Waals surface area contributed by atoms with Crippen molar-refractivity contribution in [3.63, 3.8) is 0 Å². The fourth-order valence-electron chi connectivity index (χ4n) is 1.93. The normalized spacial score (nSPS) is 10.6. The maximum absolute atomic E-state index is 13.9. The summed E-state index contributed by atoms with van der Waals surface area (Å²) in [5, 5.41) is 3.02. The van der Waals surface area contributed by atoms with Crippen molar-refractivity contribution in [1.29, 1.82) is 0 Å². The molecule has 3 nitrogen and oxygen atoms in total. The summed E-state index contributed by atoms with van der Waals surface area (Å²) in [6, 6.07) is 8.10. The summed E-state index contributed by atoms with van der Waals surface area (Å²) in [6.07, 6.45) is 2.17. The third-order valence-corrected chi connectivity index (χ3v) is 2.97. The van der Waals surface area contributed by atoms with Gasteiger partial charge in [-0.25, -0.2) is 8.78 Å². The predicted molar refractivity (Wildman–Crippen MR) is 77.2 cm³/mol. The Labute approximate surface area is 123 Å². The van der Waals surface area contributed by atoms with Crippen LogP contribution in [0, 0.1) is 11.6 Å². The van der Waals surface area contributed by atoms with Crippen LogP contribution in [0.1, 0.15) is 18.2 Å². The molecule has 0 radical (unpaired) electrons. The van der Waals surface area contributed by atoms with E-state index in [2.05, 4.69) is 10.3 Å². The third-order valence-electron chi connectivity index (χ3n) is 2.97. The molecule has 0 saturated carbocycles. The van der Waals surface area contributed by atoms with Gasteiger partial charge in [0.2, 0.25) is 0 Å². The Kier molecular flexibility index (Phi) is 5.63. The van der Waals surface area contributed by atoms with E-state index >= 15 is 0 Å². The maximum atomic E-state index is 13.9. The molecule has 0 amide bonds. The minimum absolute atomic E-state index is 0.178. The minimum atomic E-state index is -0.677.